The van der Waals surface area contributed by atoms with Crippen molar-refractivity contribution in [3.63, 3.8) is 0 Å². The predicted octanol–water partition coefficient (Wildman–Crippen LogP) is 1.11. The van der Waals surface area contributed by atoms with Gasteiger partial charge in [-0.15, -0.1) is 11.3 Å². The molecule has 0 radical (unpaired) electrons. The van der Waals surface area contributed by atoms with Crippen LogP contribution in [-0.4, -0.2) is 23.6 Å². The number of carbonyl (C=O) groups excluding carboxylic acids is 2. The summed E-state index contributed by atoms with van der Waals surface area (Å²) in [6, 6.07) is 3.73. The van der Waals surface area contributed by atoms with Crippen molar-refractivity contribution in [2.75, 3.05) is 0 Å². The average molecular weight is 253 g/mol. The molecule has 0 spiro atoms. The molecular weight excluding hydrogens is 238 g/mol. The zero-order valence-electron chi connectivity index (χ0n) is 9.98. The minimum Gasteiger partial charge on any atom is -0.343 e. The van der Waals surface area contributed by atoms with Gasteiger partial charge in [-0.25, -0.2) is 5.43 Å². The van der Waals surface area contributed by atoms with E-state index in [4.69, 9.17) is 0 Å². The van der Waals surface area contributed by atoms with Crippen molar-refractivity contribution in [1.29, 1.82) is 0 Å². The summed E-state index contributed by atoms with van der Waals surface area (Å²) < 4.78 is 0. The van der Waals surface area contributed by atoms with Crippen molar-refractivity contribution in [3.05, 3.63) is 22.4 Å². The molecule has 0 saturated heterocycles. The second kappa shape index (κ2) is 5.58. The Morgan fingerprint density at radius 2 is 2.06 bits per heavy atom. The van der Waals surface area contributed by atoms with Crippen LogP contribution in [0, 0.1) is 0 Å². The molecule has 0 aromatic carbocycles. The van der Waals surface area contributed by atoms with Gasteiger partial charge in [-0.1, -0.05) is 6.07 Å². The molecule has 2 amide bonds. The van der Waals surface area contributed by atoms with Gasteiger partial charge in [0, 0.05) is 10.4 Å². The third-order valence-electron chi connectivity index (χ3n) is 1.60. The third kappa shape index (κ3) is 5.26. The van der Waals surface area contributed by atoms with Crippen LogP contribution in [0.15, 0.2) is 22.6 Å². The molecule has 1 aromatic rings. The van der Waals surface area contributed by atoms with Gasteiger partial charge in [-0.05, 0) is 32.2 Å². The molecule has 0 bridgehead atoms. The van der Waals surface area contributed by atoms with Crippen LogP contribution in [0.25, 0.3) is 0 Å². The summed E-state index contributed by atoms with van der Waals surface area (Å²) in [5.74, 6) is -1.46. The van der Waals surface area contributed by atoms with Gasteiger partial charge in [0.25, 0.3) is 0 Å². The van der Waals surface area contributed by atoms with Gasteiger partial charge in [0.05, 0.1) is 6.21 Å². The van der Waals surface area contributed by atoms with Crippen molar-refractivity contribution in [1.82, 2.24) is 10.7 Å². The lowest BCUT2D eigenvalue weighted by atomic mass is 10.1. The van der Waals surface area contributed by atoms with Gasteiger partial charge < -0.3 is 5.32 Å². The quantitative estimate of drug-likeness (QED) is 0.471. The molecule has 92 valence electrons. The maximum Gasteiger partial charge on any atom is 0.329 e. The lowest BCUT2D eigenvalue weighted by Gasteiger charge is -2.19. The zero-order chi connectivity index (χ0) is 12.9. The fraction of sp³-hybridized carbons (Fsp3) is 0.364. The first-order chi connectivity index (χ1) is 7.88. The van der Waals surface area contributed by atoms with E-state index in [0.29, 0.717) is 0 Å². The fourth-order valence-electron chi connectivity index (χ4n) is 0.967. The van der Waals surface area contributed by atoms with E-state index in [1.165, 1.54) is 17.6 Å². The molecule has 0 aliphatic carbocycles. The molecule has 5 nitrogen and oxygen atoms in total. The standard InChI is InChI=1S/C11H15N3O2S/c1-11(2,3)13-9(15)10(16)14-12-7-8-5-4-6-17-8/h4-7H,1-3H3,(H,13,15)(H,14,16)/b12-7-. The van der Waals surface area contributed by atoms with E-state index in [-0.39, 0.29) is 0 Å². The van der Waals surface area contributed by atoms with Gasteiger partial charge in [-0.3, -0.25) is 9.59 Å². The maximum atomic E-state index is 11.4. The van der Waals surface area contributed by atoms with Crippen molar-refractivity contribution >= 4 is 29.4 Å². The highest BCUT2D eigenvalue weighted by Gasteiger charge is 2.19. The van der Waals surface area contributed by atoms with E-state index in [9.17, 15) is 9.59 Å². The molecule has 0 fully saturated rings. The minimum atomic E-state index is -0.771. The van der Waals surface area contributed by atoms with Gasteiger partial charge in [0.1, 0.15) is 0 Å². The summed E-state index contributed by atoms with van der Waals surface area (Å²) in [5.41, 5.74) is 1.73. The van der Waals surface area contributed by atoms with Gasteiger partial charge in [0.15, 0.2) is 0 Å². The van der Waals surface area contributed by atoms with Gasteiger partial charge in [0.2, 0.25) is 0 Å². The third-order valence-corrected chi connectivity index (χ3v) is 2.40. The first-order valence-corrected chi connectivity index (χ1v) is 5.95. The molecule has 1 heterocycles. The molecular formula is C11H15N3O2S. The molecule has 6 heteroatoms. The van der Waals surface area contributed by atoms with Crippen molar-refractivity contribution in [2.24, 2.45) is 5.10 Å². The number of nitrogens with zero attached hydrogens (tertiary/aromatic N) is 1. The van der Waals surface area contributed by atoms with Crippen LogP contribution in [0.2, 0.25) is 0 Å². The van der Waals surface area contributed by atoms with E-state index >= 15 is 0 Å². The molecule has 0 aliphatic heterocycles. The summed E-state index contributed by atoms with van der Waals surface area (Å²) in [6.07, 6.45) is 1.49. The Morgan fingerprint density at radius 1 is 1.35 bits per heavy atom. The summed E-state index contributed by atoms with van der Waals surface area (Å²) in [5, 5.41) is 8.13. The summed E-state index contributed by atoms with van der Waals surface area (Å²) in [6.45, 7) is 5.40. The lowest BCUT2D eigenvalue weighted by molar-refractivity contribution is -0.140. The second-order valence-electron chi connectivity index (χ2n) is 4.42. The number of rotatable bonds is 2. The van der Waals surface area contributed by atoms with Crippen molar-refractivity contribution < 1.29 is 9.59 Å². The van der Waals surface area contributed by atoms with Crippen LogP contribution in [0.5, 0.6) is 0 Å². The normalized spacial score (nSPS) is 11.5. The number of thiophene rings is 1. The Hall–Kier alpha value is -1.69. The predicted molar refractivity (Wildman–Crippen MR) is 68.0 cm³/mol. The molecule has 2 N–H and O–H groups in total. The van der Waals surface area contributed by atoms with Crippen LogP contribution in [0.4, 0.5) is 0 Å². The summed E-state index contributed by atoms with van der Waals surface area (Å²) in [7, 11) is 0. The van der Waals surface area contributed by atoms with E-state index in [1.54, 1.807) is 20.8 Å². The van der Waals surface area contributed by atoms with Gasteiger partial charge >= 0.3 is 11.8 Å². The first-order valence-electron chi connectivity index (χ1n) is 5.07. The minimum absolute atomic E-state index is 0.439. The monoisotopic (exact) mass is 253 g/mol. The highest BCUT2D eigenvalue weighted by Crippen LogP contribution is 2.04. The smallest absolute Gasteiger partial charge is 0.329 e. The Labute approximate surface area is 104 Å². The molecule has 0 atom stereocenters. The SMILES string of the molecule is CC(C)(C)NC(=O)C(=O)N/N=C\c1cccs1. The topological polar surface area (TPSA) is 70.6 Å². The van der Waals surface area contributed by atoms with Crippen LogP contribution in [0.3, 0.4) is 0 Å². The molecule has 0 unspecified atom stereocenters. The highest BCUT2D eigenvalue weighted by molar-refractivity contribution is 7.11. The summed E-state index contributed by atoms with van der Waals surface area (Å²) >= 11 is 1.49. The Morgan fingerprint density at radius 3 is 2.59 bits per heavy atom. The number of hydrazone groups is 1. The van der Waals surface area contributed by atoms with Crippen LogP contribution < -0.4 is 10.7 Å². The largest absolute Gasteiger partial charge is 0.343 e. The van der Waals surface area contributed by atoms with Crippen molar-refractivity contribution in [2.45, 2.75) is 26.3 Å². The van der Waals surface area contributed by atoms with Crippen LogP contribution in [0.1, 0.15) is 25.6 Å². The Bertz CT molecular complexity index is 418. The number of nitrogens with one attached hydrogen (secondary N) is 2. The van der Waals surface area contributed by atoms with E-state index < -0.39 is 17.4 Å². The van der Waals surface area contributed by atoms with Crippen LogP contribution >= 0.6 is 11.3 Å². The van der Waals surface area contributed by atoms with Crippen molar-refractivity contribution in [3.8, 4) is 0 Å². The second-order valence-corrected chi connectivity index (χ2v) is 5.40. The number of amides is 2. The van der Waals surface area contributed by atoms with E-state index in [2.05, 4.69) is 15.8 Å². The maximum absolute atomic E-state index is 11.4. The molecule has 17 heavy (non-hydrogen) atoms. The number of hydrogen-bond donors (Lipinski definition) is 2. The van der Waals surface area contributed by atoms with Crippen LogP contribution in [-0.2, 0) is 9.59 Å². The molecule has 1 rings (SSSR count). The highest BCUT2D eigenvalue weighted by atomic mass is 32.1. The lowest BCUT2D eigenvalue weighted by Crippen LogP contribution is -2.47. The van der Waals surface area contributed by atoms with E-state index in [0.717, 1.165) is 4.88 Å². The Kier molecular flexibility index (Phi) is 4.39. The molecule has 0 saturated carbocycles. The Balaban J connectivity index is 2.42. The fourth-order valence-corrected chi connectivity index (χ4v) is 1.55. The number of hydrogen-bond acceptors (Lipinski definition) is 4. The first kappa shape index (κ1) is 13.4. The number of carbonyl (C=O) groups is 2. The molecule has 1 aromatic heterocycles. The summed E-state index contributed by atoms with van der Waals surface area (Å²) in [4.78, 5) is 23.6. The average Bonchev–Trinajstić information content (AvgIpc) is 2.67. The zero-order valence-corrected chi connectivity index (χ0v) is 10.8. The van der Waals surface area contributed by atoms with E-state index in [1.807, 2.05) is 17.5 Å². The van der Waals surface area contributed by atoms with Gasteiger partial charge in [-0.2, -0.15) is 5.10 Å². The molecule has 0 aliphatic rings.